The Hall–Kier alpha value is -2.69. The van der Waals surface area contributed by atoms with Gasteiger partial charge in [-0.3, -0.25) is 14.3 Å². The molecule has 48 heavy (non-hydrogen) atoms. The highest BCUT2D eigenvalue weighted by Crippen LogP contribution is 2.40. The zero-order valence-corrected chi connectivity index (χ0v) is 28.0. The first-order valence-corrected chi connectivity index (χ1v) is 17.9. The number of carbonyl (C=O) groups excluding carboxylic acids is 2. The number of piperidine rings is 1. The number of carbonyl (C=O) groups is 2. The molecule has 0 bridgehead atoms. The summed E-state index contributed by atoms with van der Waals surface area (Å²) in [4.78, 5) is 33.2. The van der Waals surface area contributed by atoms with E-state index >= 15 is 0 Å². The number of aliphatic hydroxyl groups excluding tert-OH is 2. The second kappa shape index (κ2) is 15.5. The lowest BCUT2D eigenvalue weighted by Gasteiger charge is -2.37. The van der Waals surface area contributed by atoms with Gasteiger partial charge in [0.05, 0.1) is 42.9 Å². The van der Waals surface area contributed by atoms with Crippen LogP contribution < -0.4 is 0 Å². The summed E-state index contributed by atoms with van der Waals surface area (Å²) in [5, 5.41) is 25.6. The molecule has 5 heterocycles. The molecule has 0 saturated carbocycles. The molecule has 15 heteroatoms. The number of alkyl halides is 3. The van der Waals surface area contributed by atoms with Crippen LogP contribution in [0.25, 0.3) is 11.3 Å². The van der Waals surface area contributed by atoms with Crippen molar-refractivity contribution < 1.29 is 37.7 Å². The first-order valence-electron chi connectivity index (χ1n) is 16.9. The minimum absolute atomic E-state index is 0.0821. The van der Waals surface area contributed by atoms with Crippen LogP contribution in [0, 0.1) is 0 Å². The molecule has 1 aromatic heterocycles. The SMILES string of the molecule is O=C(CSc1cc(-c2nn(CC(O)CN3CCC(N4CCCC4)CC3)c3c2CN(C(=O)CO)CC3)ccc1C(F)(F)F)N1CCOCC1. The predicted molar refractivity (Wildman–Crippen MR) is 173 cm³/mol. The Kier molecular flexibility index (Phi) is 11.3. The van der Waals surface area contributed by atoms with E-state index in [-0.39, 0.29) is 29.6 Å². The highest BCUT2D eigenvalue weighted by molar-refractivity contribution is 8.00. The number of amides is 2. The maximum Gasteiger partial charge on any atom is 0.417 e. The Bertz CT molecular complexity index is 1440. The van der Waals surface area contributed by atoms with Gasteiger partial charge in [-0.05, 0) is 64.0 Å². The monoisotopic (exact) mass is 694 g/mol. The van der Waals surface area contributed by atoms with E-state index in [1.54, 1.807) is 9.58 Å². The van der Waals surface area contributed by atoms with Crippen molar-refractivity contribution in [3.63, 3.8) is 0 Å². The van der Waals surface area contributed by atoms with Gasteiger partial charge in [0.2, 0.25) is 11.8 Å². The Morgan fingerprint density at radius 2 is 1.71 bits per heavy atom. The van der Waals surface area contributed by atoms with Gasteiger partial charge in [0.1, 0.15) is 6.61 Å². The molecule has 4 aliphatic rings. The van der Waals surface area contributed by atoms with Crippen molar-refractivity contribution in [1.82, 2.24) is 29.4 Å². The predicted octanol–water partition coefficient (Wildman–Crippen LogP) is 2.32. The van der Waals surface area contributed by atoms with Gasteiger partial charge >= 0.3 is 6.18 Å². The Labute approximate surface area is 283 Å². The van der Waals surface area contributed by atoms with Crippen LogP contribution in [-0.2, 0) is 40.0 Å². The van der Waals surface area contributed by atoms with Gasteiger partial charge < -0.3 is 34.5 Å². The molecule has 0 spiro atoms. The highest BCUT2D eigenvalue weighted by atomic mass is 32.2. The van der Waals surface area contributed by atoms with Gasteiger partial charge in [-0.2, -0.15) is 18.3 Å². The molecule has 2 amide bonds. The number of likely N-dealkylation sites (tertiary alicyclic amines) is 2. The zero-order chi connectivity index (χ0) is 33.8. The number of aromatic nitrogens is 2. The van der Waals surface area contributed by atoms with Crippen molar-refractivity contribution in [2.75, 3.05) is 77.9 Å². The van der Waals surface area contributed by atoms with Crippen LogP contribution in [0.5, 0.6) is 0 Å². The first-order chi connectivity index (χ1) is 23.1. The molecule has 0 radical (unpaired) electrons. The van der Waals surface area contributed by atoms with E-state index in [4.69, 9.17) is 9.84 Å². The van der Waals surface area contributed by atoms with Crippen molar-refractivity contribution in [3.05, 3.63) is 35.0 Å². The number of nitrogens with zero attached hydrogens (tertiary/aromatic N) is 6. The molecular formula is C33H45F3N6O5S. The van der Waals surface area contributed by atoms with Crippen LogP contribution in [0.4, 0.5) is 13.2 Å². The third-order valence-electron chi connectivity index (χ3n) is 9.96. The lowest BCUT2D eigenvalue weighted by atomic mass is 9.99. The Balaban J connectivity index is 1.22. The van der Waals surface area contributed by atoms with Crippen LogP contribution >= 0.6 is 11.8 Å². The number of halogens is 3. The number of ether oxygens (including phenoxy) is 1. The molecule has 1 aromatic carbocycles. The number of fused-ring (bicyclic) bond motifs is 1. The van der Waals surface area contributed by atoms with E-state index in [1.807, 2.05) is 0 Å². The summed E-state index contributed by atoms with van der Waals surface area (Å²) < 4.78 is 49.3. The lowest BCUT2D eigenvalue weighted by Crippen LogP contribution is -2.46. The van der Waals surface area contributed by atoms with Crippen molar-refractivity contribution in [1.29, 1.82) is 0 Å². The largest absolute Gasteiger partial charge is 0.417 e. The average molecular weight is 695 g/mol. The summed E-state index contributed by atoms with van der Waals surface area (Å²) in [5.74, 6) is -0.850. The van der Waals surface area contributed by atoms with Gasteiger partial charge in [-0.25, -0.2) is 0 Å². The summed E-state index contributed by atoms with van der Waals surface area (Å²) >= 11 is 0.843. The second-order valence-electron chi connectivity index (χ2n) is 13.1. The molecule has 0 aliphatic carbocycles. The Morgan fingerprint density at radius 1 is 0.979 bits per heavy atom. The van der Waals surface area contributed by atoms with Gasteiger partial charge in [-0.1, -0.05) is 6.07 Å². The third-order valence-corrected chi connectivity index (χ3v) is 11.0. The number of β-amino-alcohol motifs (C(OH)–C–C–N with tert-alkyl or cyclic N) is 1. The lowest BCUT2D eigenvalue weighted by molar-refractivity contribution is -0.140. The van der Waals surface area contributed by atoms with E-state index in [1.165, 1.54) is 43.0 Å². The Morgan fingerprint density at radius 3 is 2.40 bits per heavy atom. The fourth-order valence-electron chi connectivity index (χ4n) is 7.38. The van der Waals surface area contributed by atoms with Crippen LogP contribution in [0.2, 0.25) is 0 Å². The second-order valence-corrected chi connectivity index (χ2v) is 14.1. The summed E-state index contributed by atoms with van der Waals surface area (Å²) in [7, 11) is 0. The molecule has 2 aromatic rings. The van der Waals surface area contributed by atoms with Crippen LogP contribution in [0.1, 0.15) is 42.5 Å². The molecule has 1 unspecified atom stereocenters. The zero-order valence-electron chi connectivity index (χ0n) is 27.2. The smallest absolute Gasteiger partial charge is 0.390 e. The number of hydrogen-bond donors (Lipinski definition) is 2. The summed E-state index contributed by atoms with van der Waals surface area (Å²) in [6.45, 7) is 6.33. The standard InChI is InChI=1S/C33H45F3N6O5S/c34-33(35,36)27-4-3-23(17-29(27)48-22-31(46)40-13-15-47-16-14-40)32-26-20-41(30(45)21-43)12-7-28(26)42(37-32)19-25(44)18-38-10-5-24(6-11-38)39-8-1-2-9-39/h3-4,17,24-25,43-44H,1-2,5-16,18-22H2. The van der Waals surface area contributed by atoms with Crippen molar-refractivity contribution in [2.45, 2.75) is 68.4 Å². The number of rotatable bonds is 10. The van der Waals surface area contributed by atoms with Crippen LogP contribution in [0.3, 0.4) is 0 Å². The molecule has 3 saturated heterocycles. The topological polar surface area (TPSA) is 115 Å². The van der Waals surface area contributed by atoms with Crippen LogP contribution in [0.15, 0.2) is 23.1 Å². The summed E-state index contributed by atoms with van der Waals surface area (Å²) in [6.07, 6.45) is -0.223. The fourth-order valence-corrected chi connectivity index (χ4v) is 8.39. The number of hydrogen-bond acceptors (Lipinski definition) is 9. The molecule has 264 valence electrons. The molecule has 1 atom stereocenters. The van der Waals surface area contributed by atoms with Crippen LogP contribution in [-0.4, -0.2) is 141 Å². The van der Waals surface area contributed by atoms with E-state index in [0.717, 1.165) is 49.5 Å². The summed E-state index contributed by atoms with van der Waals surface area (Å²) in [6, 6.07) is 4.41. The number of morpholine rings is 1. The minimum atomic E-state index is -4.63. The van der Waals surface area contributed by atoms with E-state index < -0.39 is 30.4 Å². The minimum Gasteiger partial charge on any atom is -0.390 e. The van der Waals surface area contributed by atoms with E-state index in [0.29, 0.717) is 68.7 Å². The third kappa shape index (κ3) is 8.19. The number of benzene rings is 1. The molecule has 4 aliphatic heterocycles. The van der Waals surface area contributed by atoms with Gasteiger partial charge in [0.25, 0.3) is 0 Å². The fraction of sp³-hybridized carbons (Fsp3) is 0.667. The number of aliphatic hydroxyl groups is 2. The van der Waals surface area contributed by atoms with Crippen molar-refractivity contribution in [2.24, 2.45) is 0 Å². The van der Waals surface area contributed by atoms with Crippen molar-refractivity contribution in [3.8, 4) is 11.3 Å². The van der Waals surface area contributed by atoms with Gasteiger partial charge in [0, 0.05) is 66.9 Å². The van der Waals surface area contributed by atoms with Gasteiger partial charge in [-0.15, -0.1) is 11.8 Å². The van der Waals surface area contributed by atoms with E-state index in [9.17, 15) is 33.0 Å². The normalized spacial score (nSPS) is 20.7. The molecular weight excluding hydrogens is 649 g/mol. The molecule has 11 nitrogen and oxygen atoms in total. The van der Waals surface area contributed by atoms with Crippen molar-refractivity contribution >= 4 is 23.6 Å². The average Bonchev–Trinajstić information content (AvgIpc) is 3.76. The quantitative estimate of drug-likeness (QED) is 0.362. The summed E-state index contributed by atoms with van der Waals surface area (Å²) in [5.41, 5.74) is 1.52. The molecule has 6 rings (SSSR count). The van der Waals surface area contributed by atoms with E-state index in [2.05, 4.69) is 9.80 Å². The molecule has 3 fully saturated rings. The maximum atomic E-state index is 14.1. The maximum absolute atomic E-state index is 14.1. The molecule has 2 N–H and O–H groups in total. The van der Waals surface area contributed by atoms with Gasteiger partial charge in [0.15, 0.2) is 0 Å². The first kappa shape index (κ1) is 35.1. The highest BCUT2D eigenvalue weighted by Gasteiger charge is 2.35. The number of thioether (sulfide) groups is 1.